The number of carbonyl (C=O) groups is 1. The Morgan fingerprint density at radius 3 is 2.83 bits per heavy atom. The van der Waals surface area contributed by atoms with E-state index in [1.807, 2.05) is 6.07 Å². The molecule has 18 heavy (non-hydrogen) atoms. The Balaban J connectivity index is 1.90. The van der Waals surface area contributed by atoms with Crippen LogP contribution in [-0.4, -0.2) is 24.3 Å². The van der Waals surface area contributed by atoms with Gasteiger partial charge in [0.15, 0.2) is 0 Å². The van der Waals surface area contributed by atoms with E-state index < -0.39 is 0 Å². The van der Waals surface area contributed by atoms with Crippen LogP contribution in [0.3, 0.4) is 0 Å². The third kappa shape index (κ3) is 3.22. The van der Waals surface area contributed by atoms with Crippen LogP contribution in [0, 0.1) is 17.8 Å². The summed E-state index contributed by atoms with van der Waals surface area (Å²) in [6, 6.07) is 1.98. The summed E-state index contributed by atoms with van der Waals surface area (Å²) >= 11 is 0. The summed E-state index contributed by atoms with van der Waals surface area (Å²) in [6.45, 7) is 6.10. The minimum Gasteiger partial charge on any atom is -0.472 e. The predicted molar refractivity (Wildman–Crippen MR) is 71.1 cm³/mol. The molecule has 0 radical (unpaired) electrons. The number of hydrogen-bond donors (Lipinski definition) is 0. The second-order valence-electron chi connectivity index (χ2n) is 5.92. The second-order valence-corrected chi connectivity index (χ2v) is 5.92. The highest BCUT2D eigenvalue weighted by Gasteiger charge is 2.32. The van der Waals surface area contributed by atoms with Gasteiger partial charge in [-0.05, 0) is 31.4 Å². The summed E-state index contributed by atoms with van der Waals surface area (Å²) < 4.78 is 5.07. The molecule has 3 nitrogen and oxygen atoms in total. The number of carbonyl (C=O) groups excluding carboxylic acids is 1. The Hall–Kier alpha value is -1.09. The molecule has 1 heterocycles. The Bertz CT molecular complexity index is 385. The number of Topliss-reactive ketones (excluding diaryl/α,β-unsaturated/α-hetero) is 1. The number of hydrogen-bond acceptors (Lipinski definition) is 3. The third-order valence-corrected chi connectivity index (χ3v) is 3.97. The van der Waals surface area contributed by atoms with Crippen molar-refractivity contribution in [1.82, 2.24) is 4.90 Å². The van der Waals surface area contributed by atoms with Gasteiger partial charge >= 0.3 is 0 Å². The molecule has 3 atom stereocenters. The van der Waals surface area contributed by atoms with Crippen LogP contribution >= 0.6 is 0 Å². The predicted octanol–water partition coefficient (Wildman–Crippen LogP) is 2.96. The Morgan fingerprint density at radius 2 is 2.22 bits per heavy atom. The van der Waals surface area contributed by atoms with Crippen LogP contribution in [0.1, 0.15) is 32.3 Å². The summed E-state index contributed by atoms with van der Waals surface area (Å²) in [7, 11) is 2.07. The van der Waals surface area contributed by atoms with Gasteiger partial charge in [-0.25, -0.2) is 0 Å². The second kappa shape index (κ2) is 5.70. The van der Waals surface area contributed by atoms with E-state index in [9.17, 15) is 4.79 Å². The molecule has 1 aliphatic rings. The molecule has 2 rings (SSSR count). The SMILES string of the molecule is CC1CC(=O)C(CN(C)Cc2ccoc2)C(C)C1. The van der Waals surface area contributed by atoms with Crippen molar-refractivity contribution in [3.05, 3.63) is 24.2 Å². The van der Waals surface area contributed by atoms with Crippen LogP contribution < -0.4 is 0 Å². The molecule has 3 unspecified atom stereocenters. The molecule has 0 spiro atoms. The van der Waals surface area contributed by atoms with Crippen molar-refractivity contribution in [2.24, 2.45) is 17.8 Å². The van der Waals surface area contributed by atoms with Gasteiger partial charge in [0.2, 0.25) is 0 Å². The molecule has 1 saturated carbocycles. The van der Waals surface area contributed by atoms with Crippen LogP contribution in [0.5, 0.6) is 0 Å². The van der Waals surface area contributed by atoms with Crippen molar-refractivity contribution in [3.63, 3.8) is 0 Å². The van der Waals surface area contributed by atoms with Gasteiger partial charge in [0, 0.05) is 31.0 Å². The maximum Gasteiger partial charge on any atom is 0.137 e. The van der Waals surface area contributed by atoms with E-state index >= 15 is 0 Å². The van der Waals surface area contributed by atoms with E-state index in [0.717, 1.165) is 19.5 Å². The topological polar surface area (TPSA) is 33.5 Å². The van der Waals surface area contributed by atoms with E-state index in [1.54, 1.807) is 12.5 Å². The first kappa shape index (κ1) is 13.3. The van der Waals surface area contributed by atoms with Crippen LogP contribution in [0.4, 0.5) is 0 Å². The van der Waals surface area contributed by atoms with Crippen molar-refractivity contribution in [2.75, 3.05) is 13.6 Å². The highest BCUT2D eigenvalue weighted by atomic mass is 16.3. The van der Waals surface area contributed by atoms with Gasteiger partial charge in [-0.2, -0.15) is 0 Å². The van der Waals surface area contributed by atoms with Crippen LogP contribution in [0.25, 0.3) is 0 Å². The zero-order chi connectivity index (χ0) is 13.1. The monoisotopic (exact) mass is 249 g/mol. The van der Waals surface area contributed by atoms with Crippen LogP contribution in [0.15, 0.2) is 23.0 Å². The zero-order valence-electron chi connectivity index (χ0n) is 11.6. The Labute approximate surface area is 109 Å². The fourth-order valence-electron chi connectivity index (χ4n) is 3.07. The lowest BCUT2D eigenvalue weighted by atomic mass is 9.74. The molecular formula is C15H23NO2. The minimum absolute atomic E-state index is 0.207. The highest BCUT2D eigenvalue weighted by Crippen LogP contribution is 2.31. The number of furan rings is 1. The Kier molecular flexibility index (Phi) is 4.23. The lowest BCUT2D eigenvalue weighted by molar-refractivity contribution is -0.128. The molecule has 1 aliphatic carbocycles. The average Bonchev–Trinajstić information content (AvgIpc) is 2.76. The molecule has 1 fully saturated rings. The molecule has 0 bridgehead atoms. The quantitative estimate of drug-likeness (QED) is 0.822. The van der Waals surface area contributed by atoms with Crippen LogP contribution in [-0.2, 0) is 11.3 Å². The molecule has 3 heteroatoms. The lowest BCUT2D eigenvalue weighted by Crippen LogP contribution is -2.38. The highest BCUT2D eigenvalue weighted by molar-refractivity contribution is 5.82. The normalized spacial score (nSPS) is 28.9. The summed E-state index contributed by atoms with van der Waals surface area (Å²) in [4.78, 5) is 14.3. The van der Waals surface area contributed by atoms with Crippen molar-refractivity contribution < 1.29 is 9.21 Å². The Morgan fingerprint density at radius 1 is 1.44 bits per heavy atom. The zero-order valence-corrected chi connectivity index (χ0v) is 11.6. The van der Waals surface area contributed by atoms with Crippen molar-refractivity contribution in [3.8, 4) is 0 Å². The van der Waals surface area contributed by atoms with E-state index in [1.165, 1.54) is 12.0 Å². The number of ketones is 1. The van der Waals surface area contributed by atoms with Gasteiger partial charge < -0.3 is 9.32 Å². The summed E-state index contributed by atoms with van der Waals surface area (Å²) in [5.41, 5.74) is 1.17. The summed E-state index contributed by atoms with van der Waals surface area (Å²) in [5, 5.41) is 0. The average molecular weight is 249 g/mol. The van der Waals surface area contributed by atoms with E-state index in [-0.39, 0.29) is 5.92 Å². The first-order chi connectivity index (χ1) is 8.56. The standard InChI is InChI=1S/C15H23NO2/c1-11-6-12(2)14(15(17)7-11)9-16(3)8-13-4-5-18-10-13/h4-5,10-12,14H,6-9H2,1-3H3. The third-order valence-electron chi connectivity index (χ3n) is 3.97. The van der Waals surface area contributed by atoms with Crippen molar-refractivity contribution in [1.29, 1.82) is 0 Å². The maximum atomic E-state index is 12.1. The lowest BCUT2D eigenvalue weighted by Gasteiger charge is -2.33. The van der Waals surface area contributed by atoms with Crippen LogP contribution in [0.2, 0.25) is 0 Å². The van der Waals surface area contributed by atoms with Gasteiger partial charge in [0.1, 0.15) is 5.78 Å². The molecule has 0 aromatic carbocycles. The van der Waals surface area contributed by atoms with E-state index in [0.29, 0.717) is 17.6 Å². The van der Waals surface area contributed by atoms with Crippen molar-refractivity contribution >= 4 is 5.78 Å². The number of nitrogens with zero attached hydrogens (tertiary/aromatic N) is 1. The smallest absolute Gasteiger partial charge is 0.137 e. The molecule has 1 aromatic heterocycles. The van der Waals surface area contributed by atoms with Gasteiger partial charge in [-0.1, -0.05) is 13.8 Å². The molecule has 1 aromatic rings. The number of rotatable bonds is 4. The first-order valence-electron chi connectivity index (χ1n) is 6.78. The summed E-state index contributed by atoms with van der Waals surface area (Å²) in [6.07, 6.45) is 5.40. The molecule has 0 saturated heterocycles. The molecule has 0 amide bonds. The first-order valence-corrected chi connectivity index (χ1v) is 6.78. The molecular weight excluding hydrogens is 226 g/mol. The maximum absolute atomic E-state index is 12.1. The fourth-order valence-corrected chi connectivity index (χ4v) is 3.07. The van der Waals surface area contributed by atoms with Gasteiger partial charge in [0.25, 0.3) is 0 Å². The van der Waals surface area contributed by atoms with Crippen molar-refractivity contribution in [2.45, 2.75) is 33.2 Å². The fraction of sp³-hybridized carbons (Fsp3) is 0.667. The molecule has 0 aliphatic heterocycles. The molecule has 0 N–H and O–H groups in total. The summed E-state index contributed by atoms with van der Waals surface area (Å²) in [5.74, 6) is 1.72. The van der Waals surface area contributed by atoms with E-state index in [4.69, 9.17) is 4.42 Å². The minimum atomic E-state index is 0.207. The van der Waals surface area contributed by atoms with Gasteiger partial charge in [-0.15, -0.1) is 0 Å². The van der Waals surface area contributed by atoms with E-state index in [2.05, 4.69) is 25.8 Å². The largest absolute Gasteiger partial charge is 0.472 e. The molecule has 100 valence electrons. The van der Waals surface area contributed by atoms with Gasteiger partial charge in [0.05, 0.1) is 12.5 Å². The van der Waals surface area contributed by atoms with Gasteiger partial charge in [-0.3, -0.25) is 4.79 Å².